The van der Waals surface area contributed by atoms with Crippen molar-refractivity contribution in [1.82, 2.24) is 15.1 Å². The topological polar surface area (TPSA) is 55.3 Å². The summed E-state index contributed by atoms with van der Waals surface area (Å²) < 4.78 is 5.77. The molecule has 1 aromatic carbocycles. The molecule has 2 fully saturated rings. The fourth-order valence-corrected chi connectivity index (χ4v) is 3.12. The molecule has 0 N–H and O–H groups in total. The van der Waals surface area contributed by atoms with Gasteiger partial charge in [-0.3, -0.25) is 4.79 Å². The molecule has 2 heterocycles. The third-order valence-corrected chi connectivity index (χ3v) is 4.72. The van der Waals surface area contributed by atoms with E-state index in [2.05, 4.69) is 10.2 Å². The lowest BCUT2D eigenvalue weighted by molar-refractivity contribution is 0.0783. The molecular formula is C19H21N3O2. The van der Waals surface area contributed by atoms with Crippen LogP contribution in [0, 0.1) is 5.92 Å². The van der Waals surface area contributed by atoms with Crippen LogP contribution in [-0.2, 0) is 0 Å². The first-order valence-corrected chi connectivity index (χ1v) is 8.60. The minimum absolute atomic E-state index is 0.103. The number of ether oxygens (including phenoxy) is 1. The van der Waals surface area contributed by atoms with Gasteiger partial charge in [-0.15, -0.1) is 5.10 Å². The maximum atomic E-state index is 12.4. The first kappa shape index (κ1) is 15.1. The van der Waals surface area contributed by atoms with E-state index in [-0.39, 0.29) is 5.91 Å². The van der Waals surface area contributed by atoms with Crippen molar-refractivity contribution in [3.63, 3.8) is 0 Å². The van der Waals surface area contributed by atoms with Gasteiger partial charge in [0.25, 0.3) is 5.91 Å². The van der Waals surface area contributed by atoms with E-state index in [0.717, 1.165) is 30.8 Å². The maximum Gasteiger partial charge on any atom is 0.253 e. The molecule has 1 aromatic heterocycles. The Kier molecular flexibility index (Phi) is 4.15. The van der Waals surface area contributed by atoms with Crippen LogP contribution in [0.5, 0.6) is 5.88 Å². The molecule has 5 nitrogen and oxygen atoms in total. The summed E-state index contributed by atoms with van der Waals surface area (Å²) in [7, 11) is 0. The highest BCUT2D eigenvalue weighted by molar-refractivity contribution is 5.94. The van der Waals surface area contributed by atoms with Crippen molar-refractivity contribution in [2.45, 2.75) is 25.2 Å². The summed E-state index contributed by atoms with van der Waals surface area (Å²) in [5, 5.41) is 8.38. The lowest BCUT2D eigenvalue weighted by Crippen LogP contribution is -2.29. The summed E-state index contributed by atoms with van der Waals surface area (Å²) in [6, 6.07) is 13.4. The van der Waals surface area contributed by atoms with Crippen molar-refractivity contribution in [3.05, 3.63) is 53.7 Å². The molecule has 4 rings (SSSR count). The Morgan fingerprint density at radius 1 is 1.08 bits per heavy atom. The summed E-state index contributed by atoms with van der Waals surface area (Å²) >= 11 is 0. The second kappa shape index (κ2) is 6.59. The van der Waals surface area contributed by atoms with E-state index in [1.165, 1.54) is 12.8 Å². The lowest BCUT2D eigenvalue weighted by Gasteiger charge is -2.16. The smallest absolute Gasteiger partial charge is 0.253 e. The number of amides is 1. The van der Waals surface area contributed by atoms with Gasteiger partial charge >= 0.3 is 0 Å². The van der Waals surface area contributed by atoms with Crippen LogP contribution in [0.2, 0.25) is 0 Å². The highest BCUT2D eigenvalue weighted by Crippen LogP contribution is 2.38. The van der Waals surface area contributed by atoms with E-state index >= 15 is 0 Å². The fraction of sp³-hybridized carbons (Fsp3) is 0.421. The Bertz CT molecular complexity index is 698. The summed E-state index contributed by atoms with van der Waals surface area (Å²) in [4.78, 5) is 14.3. The van der Waals surface area contributed by atoms with Crippen molar-refractivity contribution in [2.24, 2.45) is 5.92 Å². The lowest BCUT2D eigenvalue weighted by atomic mass is 10.1. The summed E-state index contributed by atoms with van der Waals surface area (Å²) in [5.74, 6) is 1.64. The molecule has 1 saturated heterocycles. The zero-order chi connectivity index (χ0) is 16.4. The third kappa shape index (κ3) is 3.40. The summed E-state index contributed by atoms with van der Waals surface area (Å²) in [6.07, 6.45) is 3.41. The van der Waals surface area contributed by atoms with Crippen LogP contribution in [0.15, 0.2) is 42.5 Å². The number of aromatic nitrogens is 2. The van der Waals surface area contributed by atoms with Gasteiger partial charge in [-0.1, -0.05) is 18.2 Å². The Labute approximate surface area is 141 Å². The molecular weight excluding hydrogens is 302 g/mol. The maximum absolute atomic E-state index is 12.4. The van der Waals surface area contributed by atoms with Crippen LogP contribution < -0.4 is 4.74 Å². The normalized spacial score (nSPS) is 20.2. The molecule has 0 radical (unpaired) electrons. The number of rotatable bonds is 5. The van der Waals surface area contributed by atoms with E-state index < -0.39 is 0 Å². The molecule has 24 heavy (non-hydrogen) atoms. The average molecular weight is 323 g/mol. The van der Waals surface area contributed by atoms with Crippen LogP contribution in [0.3, 0.4) is 0 Å². The molecule has 1 unspecified atom stereocenters. The van der Waals surface area contributed by atoms with E-state index in [9.17, 15) is 4.79 Å². The van der Waals surface area contributed by atoms with Gasteiger partial charge in [0.2, 0.25) is 5.88 Å². The quantitative estimate of drug-likeness (QED) is 0.849. The number of hydrogen-bond acceptors (Lipinski definition) is 4. The Morgan fingerprint density at radius 3 is 2.62 bits per heavy atom. The zero-order valence-corrected chi connectivity index (χ0v) is 13.6. The predicted octanol–water partition coefficient (Wildman–Crippen LogP) is 2.90. The van der Waals surface area contributed by atoms with Crippen molar-refractivity contribution in [2.75, 3.05) is 19.7 Å². The second-order valence-electron chi connectivity index (χ2n) is 6.65. The van der Waals surface area contributed by atoms with Crippen molar-refractivity contribution >= 4 is 5.91 Å². The highest BCUT2D eigenvalue weighted by Gasteiger charge is 2.28. The van der Waals surface area contributed by atoms with Crippen LogP contribution in [0.1, 0.15) is 41.2 Å². The summed E-state index contributed by atoms with van der Waals surface area (Å²) in [5.41, 5.74) is 1.82. The Morgan fingerprint density at radius 2 is 1.92 bits per heavy atom. The van der Waals surface area contributed by atoms with Crippen LogP contribution >= 0.6 is 0 Å². The highest BCUT2D eigenvalue weighted by atomic mass is 16.5. The van der Waals surface area contributed by atoms with Gasteiger partial charge < -0.3 is 9.64 Å². The predicted molar refractivity (Wildman–Crippen MR) is 90.0 cm³/mol. The minimum atomic E-state index is 0.103. The summed E-state index contributed by atoms with van der Waals surface area (Å²) in [6.45, 7) is 2.10. The zero-order valence-electron chi connectivity index (χ0n) is 13.6. The molecule has 1 atom stereocenters. The second-order valence-corrected chi connectivity index (χ2v) is 6.65. The van der Waals surface area contributed by atoms with Crippen molar-refractivity contribution in [1.29, 1.82) is 0 Å². The van der Waals surface area contributed by atoms with Crippen molar-refractivity contribution < 1.29 is 9.53 Å². The van der Waals surface area contributed by atoms with E-state index in [1.54, 1.807) is 0 Å². The van der Waals surface area contributed by atoms with Gasteiger partial charge in [-0.25, -0.2) is 0 Å². The fourth-order valence-electron chi connectivity index (χ4n) is 3.12. The Hall–Kier alpha value is -2.43. The molecule has 124 valence electrons. The Balaban J connectivity index is 1.28. The molecule has 1 saturated carbocycles. The molecule has 2 aromatic rings. The van der Waals surface area contributed by atoms with Crippen LogP contribution in [0.25, 0.3) is 0 Å². The van der Waals surface area contributed by atoms with E-state index in [4.69, 9.17) is 4.74 Å². The number of hydrogen-bond donors (Lipinski definition) is 0. The van der Waals surface area contributed by atoms with Gasteiger partial charge in [0.1, 0.15) is 0 Å². The number of likely N-dealkylation sites (tertiary alicyclic amines) is 1. The van der Waals surface area contributed by atoms with Gasteiger partial charge in [-0.2, -0.15) is 5.10 Å². The first-order chi connectivity index (χ1) is 11.8. The molecule has 5 heteroatoms. The van der Waals surface area contributed by atoms with Gasteiger partial charge in [-0.05, 0) is 37.5 Å². The molecule has 0 spiro atoms. The minimum Gasteiger partial charge on any atom is -0.476 e. The van der Waals surface area contributed by atoms with Gasteiger partial charge in [0.15, 0.2) is 0 Å². The number of carbonyl (C=O) groups is 1. The van der Waals surface area contributed by atoms with Gasteiger partial charge in [0, 0.05) is 36.6 Å². The van der Waals surface area contributed by atoms with E-state index in [0.29, 0.717) is 24.3 Å². The molecule has 1 aliphatic heterocycles. The molecule has 0 bridgehead atoms. The molecule has 1 aliphatic carbocycles. The SMILES string of the molecule is O=C(c1ccccc1)N1CCC(COc2ccc(C3CC3)nn2)C1. The van der Waals surface area contributed by atoms with Crippen LogP contribution in [-0.4, -0.2) is 40.7 Å². The number of carbonyl (C=O) groups excluding carboxylic acids is 1. The van der Waals surface area contributed by atoms with E-state index in [1.807, 2.05) is 47.4 Å². The molecule has 1 amide bonds. The average Bonchev–Trinajstić information content (AvgIpc) is 3.38. The number of benzene rings is 1. The first-order valence-electron chi connectivity index (χ1n) is 8.60. The monoisotopic (exact) mass is 323 g/mol. The number of nitrogens with zero attached hydrogens (tertiary/aromatic N) is 3. The third-order valence-electron chi connectivity index (χ3n) is 4.72. The van der Waals surface area contributed by atoms with Crippen LogP contribution in [0.4, 0.5) is 0 Å². The standard InChI is InChI=1S/C19H21N3O2/c23-19(16-4-2-1-3-5-16)22-11-10-14(12-22)13-24-18-9-8-17(20-21-18)15-6-7-15/h1-5,8-9,14-15H,6-7,10-13H2. The molecule has 2 aliphatic rings. The van der Waals surface area contributed by atoms with Crippen molar-refractivity contribution in [3.8, 4) is 5.88 Å². The van der Waals surface area contributed by atoms with Gasteiger partial charge in [0.05, 0.1) is 12.3 Å². The largest absolute Gasteiger partial charge is 0.476 e.